The number of nitrogens with one attached hydrogen (secondary N) is 1. The van der Waals surface area contributed by atoms with Crippen LogP contribution in [-0.4, -0.2) is 49.5 Å². The minimum Gasteiger partial charge on any atom is -0.339 e. The molecule has 4 aromatic heterocycles. The molecule has 6 rings (SSSR count). The number of tetrazole rings is 1. The summed E-state index contributed by atoms with van der Waals surface area (Å²) >= 11 is 6.08. The Morgan fingerprint density at radius 2 is 2.11 bits per heavy atom. The predicted molar refractivity (Wildman–Crippen MR) is 124 cm³/mol. The fraction of sp³-hybridized carbons (Fsp3) is 0.227. The van der Waals surface area contributed by atoms with E-state index < -0.39 is 5.82 Å². The monoisotopic (exact) mass is 492 g/mol. The van der Waals surface area contributed by atoms with Crippen LogP contribution in [0, 0.1) is 5.82 Å². The molecule has 2 atom stereocenters. The van der Waals surface area contributed by atoms with Gasteiger partial charge in [-0.15, -0.1) is 5.10 Å². The number of fused-ring (bicyclic) bond motifs is 1. The van der Waals surface area contributed by atoms with E-state index in [-0.39, 0.29) is 33.8 Å². The molecular weight excluding hydrogens is 475 g/mol. The average Bonchev–Trinajstić information content (AvgIpc) is 3.63. The number of nitrogens with zero attached hydrogens (tertiary/aromatic N) is 9. The zero-order valence-corrected chi connectivity index (χ0v) is 19.3. The Morgan fingerprint density at radius 3 is 2.86 bits per heavy atom. The molecule has 11 nitrogen and oxygen atoms in total. The molecular formula is C22H18ClFN10O. The summed E-state index contributed by atoms with van der Waals surface area (Å²) in [5.41, 5.74) is 1.89. The van der Waals surface area contributed by atoms with E-state index in [1.54, 1.807) is 27.7 Å². The fourth-order valence-corrected chi connectivity index (χ4v) is 4.76. The first-order valence-corrected chi connectivity index (χ1v) is 11.2. The molecule has 1 aliphatic rings. The first-order valence-electron chi connectivity index (χ1n) is 10.8. The van der Waals surface area contributed by atoms with Crippen molar-refractivity contribution in [2.75, 3.05) is 0 Å². The molecule has 176 valence electrons. The van der Waals surface area contributed by atoms with Crippen LogP contribution in [0.3, 0.4) is 0 Å². The Hall–Kier alpha value is -4.19. The van der Waals surface area contributed by atoms with Crippen LogP contribution in [0.15, 0.2) is 47.8 Å². The molecule has 0 unspecified atom stereocenters. The number of benzene rings is 1. The van der Waals surface area contributed by atoms with Gasteiger partial charge in [-0.05, 0) is 35.0 Å². The molecule has 5 heterocycles. The van der Waals surface area contributed by atoms with Crippen LogP contribution in [0.1, 0.15) is 37.0 Å². The lowest BCUT2D eigenvalue weighted by Crippen LogP contribution is -2.25. The maximum atomic E-state index is 15.2. The third kappa shape index (κ3) is 3.36. The predicted octanol–water partition coefficient (Wildman–Crippen LogP) is 2.90. The van der Waals surface area contributed by atoms with E-state index >= 15 is 4.39 Å². The van der Waals surface area contributed by atoms with E-state index in [2.05, 4.69) is 30.6 Å². The zero-order chi connectivity index (χ0) is 24.3. The number of hydrogen-bond donors (Lipinski definition) is 1. The average molecular weight is 493 g/mol. The Balaban J connectivity index is 1.47. The zero-order valence-electron chi connectivity index (χ0n) is 18.6. The van der Waals surface area contributed by atoms with Gasteiger partial charge in [-0.2, -0.15) is 9.78 Å². The van der Waals surface area contributed by atoms with E-state index in [0.29, 0.717) is 23.8 Å². The smallest absolute Gasteiger partial charge is 0.254 e. The molecule has 5 aromatic rings. The van der Waals surface area contributed by atoms with E-state index in [4.69, 9.17) is 16.6 Å². The van der Waals surface area contributed by atoms with Crippen molar-refractivity contribution in [3.63, 3.8) is 0 Å². The third-order valence-corrected chi connectivity index (χ3v) is 6.53. The molecule has 0 saturated heterocycles. The number of aromatic nitrogens is 10. The van der Waals surface area contributed by atoms with E-state index in [9.17, 15) is 4.79 Å². The minimum absolute atomic E-state index is 0.0532. The highest BCUT2D eigenvalue weighted by atomic mass is 35.5. The standard InChI is InChI=1S/C22H18ClFN10O/c1-11-7-17(21-25-9-14(28-21)15-5-6-27-32(15)2)34-18(35)8-13(29-22(11)34)19-16(33-10-26-30-31-33)4-3-12(23)20(19)24/h3-6,8-11,17H,7H2,1-2H3,(H,25,28)/t11-,17-/m1/s1. The normalized spacial score (nSPS) is 17.1. The van der Waals surface area contributed by atoms with Crippen molar-refractivity contribution in [3.8, 4) is 28.3 Å². The van der Waals surface area contributed by atoms with E-state index in [0.717, 1.165) is 11.4 Å². The van der Waals surface area contributed by atoms with Crippen LogP contribution in [0.4, 0.5) is 4.39 Å². The summed E-state index contributed by atoms with van der Waals surface area (Å²) in [6.07, 6.45) is 5.38. The van der Waals surface area contributed by atoms with Gasteiger partial charge in [0.1, 0.15) is 18.0 Å². The van der Waals surface area contributed by atoms with Gasteiger partial charge in [-0.1, -0.05) is 18.5 Å². The number of aryl methyl sites for hydroxylation is 1. The Kier molecular flexibility index (Phi) is 4.85. The van der Waals surface area contributed by atoms with Crippen molar-refractivity contribution >= 4 is 11.6 Å². The Bertz CT molecular complexity index is 1620. The lowest BCUT2D eigenvalue weighted by molar-refractivity contribution is 0.555. The highest BCUT2D eigenvalue weighted by molar-refractivity contribution is 6.31. The van der Waals surface area contributed by atoms with Crippen LogP contribution >= 0.6 is 11.6 Å². The van der Waals surface area contributed by atoms with Gasteiger partial charge in [0.2, 0.25) is 0 Å². The van der Waals surface area contributed by atoms with Gasteiger partial charge in [-0.3, -0.25) is 14.0 Å². The molecule has 1 N–H and O–H groups in total. The number of rotatable bonds is 4. The number of imidazole rings is 1. The maximum absolute atomic E-state index is 15.2. The topological polar surface area (TPSA) is 125 Å². The first kappa shape index (κ1) is 21.4. The second kappa shape index (κ2) is 7.94. The van der Waals surface area contributed by atoms with Crippen LogP contribution in [0.5, 0.6) is 0 Å². The van der Waals surface area contributed by atoms with Crippen molar-refractivity contribution in [2.24, 2.45) is 7.05 Å². The van der Waals surface area contributed by atoms with E-state index in [1.165, 1.54) is 23.1 Å². The molecule has 0 aliphatic carbocycles. The molecule has 1 aliphatic heterocycles. The van der Waals surface area contributed by atoms with Gasteiger partial charge >= 0.3 is 0 Å². The number of aromatic amines is 1. The lowest BCUT2D eigenvalue weighted by atomic mass is 10.1. The van der Waals surface area contributed by atoms with Gasteiger partial charge in [0.25, 0.3) is 5.56 Å². The van der Waals surface area contributed by atoms with Gasteiger partial charge < -0.3 is 4.98 Å². The maximum Gasteiger partial charge on any atom is 0.254 e. The molecule has 1 aromatic carbocycles. The SMILES string of the molecule is C[C@@H]1C[C@H](c2ncc(-c3ccnn3C)[nH]2)n2c1nc(-c1c(-n3cnnn3)ccc(Cl)c1F)cc2=O. The van der Waals surface area contributed by atoms with Gasteiger partial charge in [-0.25, -0.2) is 14.4 Å². The van der Waals surface area contributed by atoms with Crippen molar-refractivity contribution in [3.05, 3.63) is 75.8 Å². The summed E-state index contributed by atoms with van der Waals surface area (Å²) in [4.78, 5) is 25.9. The van der Waals surface area contributed by atoms with Crippen molar-refractivity contribution in [1.29, 1.82) is 0 Å². The molecule has 0 amide bonds. The summed E-state index contributed by atoms with van der Waals surface area (Å²) in [5, 5.41) is 15.2. The van der Waals surface area contributed by atoms with Crippen molar-refractivity contribution < 1.29 is 4.39 Å². The number of H-pyrrole nitrogens is 1. The molecule has 0 bridgehead atoms. The van der Waals surface area contributed by atoms with Crippen LogP contribution in [-0.2, 0) is 7.05 Å². The summed E-state index contributed by atoms with van der Waals surface area (Å²) < 4.78 is 19.9. The molecule has 0 saturated carbocycles. The van der Waals surface area contributed by atoms with Gasteiger partial charge in [0, 0.05) is 25.2 Å². The second-order valence-electron chi connectivity index (χ2n) is 8.39. The second-order valence-corrected chi connectivity index (χ2v) is 8.80. The fourth-order valence-electron chi connectivity index (χ4n) is 4.60. The summed E-state index contributed by atoms with van der Waals surface area (Å²) in [7, 11) is 1.84. The van der Waals surface area contributed by atoms with Crippen molar-refractivity contribution in [1.82, 2.24) is 49.5 Å². The highest BCUT2D eigenvalue weighted by Gasteiger charge is 2.34. The van der Waals surface area contributed by atoms with Crippen LogP contribution in [0.2, 0.25) is 5.02 Å². The van der Waals surface area contributed by atoms with Crippen LogP contribution in [0.25, 0.3) is 28.3 Å². The summed E-state index contributed by atoms with van der Waals surface area (Å²) in [6.45, 7) is 1.98. The Morgan fingerprint density at radius 1 is 1.26 bits per heavy atom. The van der Waals surface area contributed by atoms with E-state index in [1.807, 2.05) is 20.0 Å². The quantitative estimate of drug-likeness (QED) is 0.409. The minimum atomic E-state index is -0.703. The summed E-state index contributed by atoms with van der Waals surface area (Å²) in [5.74, 6) is 0.409. The van der Waals surface area contributed by atoms with Crippen molar-refractivity contribution in [2.45, 2.75) is 25.3 Å². The molecule has 0 radical (unpaired) electrons. The first-order chi connectivity index (χ1) is 16.9. The third-order valence-electron chi connectivity index (χ3n) is 6.24. The van der Waals surface area contributed by atoms with Crippen LogP contribution < -0.4 is 5.56 Å². The largest absolute Gasteiger partial charge is 0.339 e. The lowest BCUT2D eigenvalue weighted by Gasteiger charge is -2.15. The molecule has 0 fully saturated rings. The summed E-state index contributed by atoms with van der Waals surface area (Å²) in [6, 6.07) is 5.84. The molecule has 0 spiro atoms. The number of halogens is 2. The van der Waals surface area contributed by atoms with Gasteiger partial charge in [0.05, 0.1) is 45.6 Å². The Labute approximate surface area is 202 Å². The molecule has 13 heteroatoms. The number of hydrogen-bond acceptors (Lipinski definition) is 7. The van der Waals surface area contributed by atoms with Gasteiger partial charge in [0.15, 0.2) is 5.82 Å². The molecule has 35 heavy (non-hydrogen) atoms. The highest BCUT2D eigenvalue weighted by Crippen LogP contribution is 2.39.